The summed E-state index contributed by atoms with van der Waals surface area (Å²) in [6.45, 7) is 9.64. The molecule has 0 bridgehead atoms. The highest BCUT2D eigenvalue weighted by atomic mass is 14.6. The Morgan fingerprint density at radius 3 is 1.60 bits per heavy atom. The summed E-state index contributed by atoms with van der Waals surface area (Å²) in [5.41, 5.74) is 0.712. The molecule has 3 unspecified atom stereocenters. The van der Waals surface area contributed by atoms with Gasteiger partial charge in [0.2, 0.25) is 0 Å². The van der Waals surface area contributed by atoms with Crippen LogP contribution in [-0.4, -0.2) is 0 Å². The molecular formula is C10H18. The van der Waals surface area contributed by atoms with Crippen molar-refractivity contribution in [3.8, 4) is 0 Å². The molecule has 2 aliphatic carbocycles. The lowest BCUT2D eigenvalue weighted by Gasteiger charge is -1.99. The van der Waals surface area contributed by atoms with E-state index in [2.05, 4.69) is 27.7 Å². The molecule has 2 fully saturated rings. The lowest BCUT2D eigenvalue weighted by molar-refractivity contribution is 0.491. The summed E-state index contributed by atoms with van der Waals surface area (Å²) in [7, 11) is 0. The van der Waals surface area contributed by atoms with E-state index >= 15 is 0 Å². The second kappa shape index (κ2) is 1.60. The predicted octanol–water partition coefficient (Wildman–Crippen LogP) is 2.93. The summed E-state index contributed by atoms with van der Waals surface area (Å²) < 4.78 is 0. The fourth-order valence-electron chi connectivity index (χ4n) is 2.60. The first-order valence-electron chi connectivity index (χ1n) is 4.54. The van der Waals surface area contributed by atoms with Gasteiger partial charge in [-0.25, -0.2) is 0 Å². The Labute approximate surface area is 64.0 Å². The molecule has 0 aromatic heterocycles. The Hall–Kier alpha value is 0. The number of rotatable bonds is 1. The molecule has 2 saturated carbocycles. The molecule has 0 aliphatic heterocycles. The van der Waals surface area contributed by atoms with E-state index in [1.165, 1.54) is 6.42 Å². The molecule has 0 amide bonds. The van der Waals surface area contributed by atoms with E-state index in [4.69, 9.17) is 0 Å². The van der Waals surface area contributed by atoms with E-state index in [1.54, 1.807) is 0 Å². The molecule has 0 spiro atoms. The molecule has 2 rings (SSSR count). The zero-order chi connectivity index (χ0) is 7.52. The Bertz CT molecular complexity index is 149. The van der Waals surface area contributed by atoms with Gasteiger partial charge >= 0.3 is 0 Å². The summed E-state index contributed by atoms with van der Waals surface area (Å²) in [5.74, 6) is 4.24. The summed E-state index contributed by atoms with van der Waals surface area (Å²) in [6, 6.07) is 0. The van der Waals surface area contributed by atoms with Gasteiger partial charge in [-0.05, 0) is 35.5 Å². The van der Waals surface area contributed by atoms with E-state index in [-0.39, 0.29) is 0 Å². The largest absolute Gasteiger partial charge is 0.0620 e. The molecule has 0 aromatic rings. The zero-order valence-electron chi connectivity index (χ0n) is 7.52. The van der Waals surface area contributed by atoms with Crippen LogP contribution in [0, 0.1) is 29.1 Å². The van der Waals surface area contributed by atoms with Gasteiger partial charge in [-0.1, -0.05) is 27.7 Å². The third-order valence-electron chi connectivity index (χ3n) is 3.96. The lowest BCUT2D eigenvalue weighted by atomic mass is 10.1. The highest BCUT2D eigenvalue weighted by Gasteiger charge is 2.60. The number of hydrogen-bond donors (Lipinski definition) is 0. The fraction of sp³-hybridized carbons (Fsp3) is 1.00. The molecule has 0 radical (unpaired) electrons. The molecule has 0 nitrogen and oxygen atoms in total. The zero-order valence-corrected chi connectivity index (χ0v) is 7.52. The van der Waals surface area contributed by atoms with Crippen molar-refractivity contribution < 1.29 is 0 Å². The Morgan fingerprint density at radius 2 is 1.50 bits per heavy atom. The van der Waals surface area contributed by atoms with Crippen LogP contribution in [0.15, 0.2) is 0 Å². The van der Waals surface area contributed by atoms with Crippen molar-refractivity contribution in [3.05, 3.63) is 0 Å². The molecular weight excluding hydrogens is 120 g/mol. The highest BCUT2D eigenvalue weighted by molar-refractivity contribution is 5.08. The van der Waals surface area contributed by atoms with Crippen LogP contribution < -0.4 is 0 Å². The molecule has 3 atom stereocenters. The number of hydrogen-bond acceptors (Lipinski definition) is 0. The van der Waals surface area contributed by atoms with Gasteiger partial charge in [-0.2, -0.15) is 0 Å². The van der Waals surface area contributed by atoms with Gasteiger partial charge in [0.15, 0.2) is 0 Å². The van der Waals surface area contributed by atoms with Crippen molar-refractivity contribution in [3.63, 3.8) is 0 Å². The fourth-order valence-corrected chi connectivity index (χ4v) is 2.60. The molecule has 2 aliphatic rings. The van der Waals surface area contributed by atoms with Gasteiger partial charge < -0.3 is 0 Å². The molecule has 10 heavy (non-hydrogen) atoms. The molecule has 0 aromatic carbocycles. The Balaban J connectivity index is 1.95. The van der Waals surface area contributed by atoms with Crippen LogP contribution in [0.1, 0.15) is 34.1 Å². The minimum absolute atomic E-state index is 0.712. The standard InChI is InChI=1S/C10H18/c1-6-7(2)9(6)8-5-10(8,3)4/h6-9H,5H2,1-4H3. The van der Waals surface area contributed by atoms with E-state index in [0.717, 1.165) is 23.7 Å². The molecule has 0 heteroatoms. The summed E-state index contributed by atoms with van der Waals surface area (Å²) in [4.78, 5) is 0. The first-order chi connectivity index (χ1) is 4.54. The maximum absolute atomic E-state index is 2.41. The van der Waals surface area contributed by atoms with Gasteiger partial charge in [0.25, 0.3) is 0 Å². The summed E-state index contributed by atoms with van der Waals surface area (Å²) in [5, 5.41) is 0. The van der Waals surface area contributed by atoms with Crippen LogP contribution in [0.25, 0.3) is 0 Å². The summed E-state index contributed by atoms with van der Waals surface area (Å²) in [6.07, 6.45) is 1.49. The van der Waals surface area contributed by atoms with Crippen LogP contribution in [0.4, 0.5) is 0 Å². The van der Waals surface area contributed by atoms with Crippen molar-refractivity contribution >= 4 is 0 Å². The summed E-state index contributed by atoms with van der Waals surface area (Å²) >= 11 is 0. The van der Waals surface area contributed by atoms with E-state index in [0.29, 0.717) is 5.41 Å². The lowest BCUT2D eigenvalue weighted by Crippen LogP contribution is -1.93. The van der Waals surface area contributed by atoms with Crippen LogP contribution in [0.5, 0.6) is 0 Å². The van der Waals surface area contributed by atoms with Crippen molar-refractivity contribution in [2.24, 2.45) is 29.1 Å². The van der Waals surface area contributed by atoms with Crippen LogP contribution >= 0.6 is 0 Å². The van der Waals surface area contributed by atoms with Crippen LogP contribution in [-0.2, 0) is 0 Å². The Kier molecular flexibility index (Phi) is 1.07. The van der Waals surface area contributed by atoms with Gasteiger partial charge in [0.05, 0.1) is 0 Å². The van der Waals surface area contributed by atoms with E-state index < -0.39 is 0 Å². The normalized spacial score (nSPS) is 56.4. The first-order valence-corrected chi connectivity index (χ1v) is 4.54. The quantitative estimate of drug-likeness (QED) is 0.522. The van der Waals surface area contributed by atoms with Crippen LogP contribution in [0.3, 0.4) is 0 Å². The second-order valence-electron chi connectivity index (χ2n) is 5.09. The van der Waals surface area contributed by atoms with Gasteiger partial charge in [-0.3, -0.25) is 0 Å². The predicted molar refractivity (Wildman–Crippen MR) is 43.7 cm³/mol. The minimum atomic E-state index is 0.712. The SMILES string of the molecule is CC1C(C)C1C1CC1(C)C. The molecule has 58 valence electrons. The molecule has 0 heterocycles. The van der Waals surface area contributed by atoms with Crippen LogP contribution in [0.2, 0.25) is 0 Å². The third kappa shape index (κ3) is 0.741. The minimum Gasteiger partial charge on any atom is -0.0620 e. The van der Waals surface area contributed by atoms with Crippen molar-refractivity contribution in [1.82, 2.24) is 0 Å². The topological polar surface area (TPSA) is 0 Å². The van der Waals surface area contributed by atoms with E-state index in [9.17, 15) is 0 Å². The second-order valence-corrected chi connectivity index (χ2v) is 5.09. The maximum Gasteiger partial charge on any atom is -0.0320 e. The highest BCUT2D eigenvalue weighted by Crippen LogP contribution is 2.66. The third-order valence-corrected chi connectivity index (χ3v) is 3.96. The molecule has 0 N–H and O–H groups in total. The maximum atomic E-state index is 2.41. The van der Waals surface area contributed by atoms with Gasteiger partial charge in [-0.15, -0.1) is 0 Å². The monoisotopic (exact) mass is 138 g/mol. The van der Waals surface area contributed by atoms with E-state index in [1.807, 2.05) is 0 Å². The Morgan fingerprint density at radius 1 is 1.10 bits per heavy atom. The van der Waals surface area contributed by atoms with Gasteiger partial charge in [0.1, 0.15) is 0 Å². The molecule has 0 saturated heterocycles. The van der Waals surface area contributed by atoms with Crippen molar-refractivity contribution in [2.75, 3.05) is 0 Å². The van der Waals surface area contributed by atoms with Gasteiger partial charge in [0, 0.05) is 0 Å². The first kappa shape index (κ1) is 6.69. The average Bonchev–Trinajstić information content (AvgIpc) is 2.55. The average molecular weight is 138 g/mol. The van der Waals surface area contributed by atoms with Crippen molar-refractivity contribution in [2.45, 2.75) is 34.1 Å². The van der Waals surface area contributed by atoms with Crippen molar-refractivity contribution in [1.29, 1.82) is 0 Å². The smallest absolute Gasteiger partial charge is 0.0320 e.